The summed E-state index contributed by atoms with van der Waals surface area (Å²) in [7, 11) is 1.94. The van der Waals surface area contributed by atoms with Crippen molar-refractivity contribution in [1.29, 1.82) is 0 Å². The number of aliphatic hydroxyl groups excluding tert-OH is 1. The molecule has 68 valence electrons. The zero-order valence-corrected chi connectivity index (χ0v) is 8.27. The maximum Gasteiger partial charge on any atom is 0.0939 e. The molecule has 0 fully saturated rings. The highest BCUT2D eigenvalue weighted by Gasteiger charge is 2.00. The van der Waals surface area contributed by atoms with Gasteiger partial charge in [-0.25, -0.2) is 0 Å². The van der Waals surface area contributed by atoms with Crippen LogP contribution in [-0.2, 0) is 7.05 Å². The van der Waals surface area contributed by atoms with Crippen LogP contribution in [0.1, 0.15) is 12.1 Å². The fourth-order valence-corrected chi connectivity index (χ4v) is 1.93. The van der Waals surface area contributed by atoms with Crippen molar-refractivity contribution >= 4 is 11.8 Å². The highest BCUT2D eigenvalue weighted by atomic mass is 32.2. The third-order valence-corrected chi connectivity index (χ3v) is 2.68. The number of nitrogens with zero attached hydrogens (tertiary/aromatic N) is 2. The predicted molar refractivity (Wildman–Crippen MR) is 50.4 cm³/mol. The van der Waals surface area contributed by atoms with E-state index in [0.717, 1.165) is 17.9 Å². The van der Waals surface area contributed by atoms with Crippen LogP contribution in [-0.4, -0.2) is 27.2 Å². The van der Waals surface area contributed by atoms with Crippen LogP contribution in [0.4, 0.5) is 0 Å². The van der Waals surface area contributed by atoms with Crippen LogP contribution >= 0.6 is 11.8 Å². The fourth-order valence-electron chi connectivity index (χ4n) is 0.963. The fraction of sp³-hybridized carbons (Fsp3) is 0.625. The Labute approximate surface area is 76.8 Å². The molecule has 1 N–H and O–H groups in total. The molecule has 3 nitrogen and oxygen atoms in total. The molecule has 0 spiro atoms. The summed E-state index contributed by atoms with van der Waals surface area (Å²) in [6.07, 6.45) is 0.842. The maximum absolute atomic E-state index is 8.58. The van der Waals surface area contributed by atoms with Gasteiger partial charge in [-0.2, -0.15) is 5.10 Å². The monoisotopic (exact) mass is 186 g/mol. The molecular formula is C8H14N2OS. The smallest absolute Gasteiger partial charge is 0.0939 e. The second-order valence-electron chi connectivity index (χ2n) is 2.67. The largest absolute Gasteiger partial charge is 0.396 e. The molecule has 1 aromatic rings. The van der Waals surface area contributed by atoms with Gasteiger partial charge in [-0.05, 0) is 19.4 Å². The predicted octanol–water partition coefficient (Wildman–Crippen LogP) is 1.20. The third kappa shape index (κ3) is 2.53. The summed E-state index contributed by atoms with van der Waals surface area (Å²) in [5.41, 5.74) is 1.05. The lowest BCUT2D eigenvalue weighted by Gasteiger charge is -1.98. The second-order valence-corrected chi connectivity index (χ2v) is 3.79. The SMILES string of the molecule is Cc1cc(SCCCO)n(C)n1. The van der Waals surface area contributed by atoms with Gasteiger partial charge in [0.2, 0.25) is 0 Å². The van der Waals surface area contributed by atoms with Gasteiger partial charge in [-0.15, -0.1) is 11.8 Å². The number of thioether (sulfide) groups is 1. The van der Waals surface area contributed by atoms with Crippen LogP contribution in [0.25, 0.3) is 0 Å². The number of aliphatic hydroxyl groups is 1. The van der Waals surface area contributed by atoms with Crippen molar-refractivity contribution in [3.05, 3.63) is 11.8 Å². The molecule has 0 bridgehead atoms. The molecule has 0 radical (unpaired) electrons. The summed E-state index contributed by atoms with van der Waals surface area (Å²) in [5.74, 6) is 0.954. The molecular weight excluding hydrogens is 172 g/mol. The van der Waals surface area contributed by atoms with Crippen molar-refractivity contribution in [3.8, 4) is 0 Å². The van der Waals surface area contributed by atoms with Gasteiger partial charge in [0.05, 0.1) is 10.7 Å². The van der Waals surface area contributed by atoms with Crippen LogP contribution < -0.4 is 0 Å². The Kier molecular flexibility index (Phi) is 3.62. The highest BCUT2D eigenvalue weighted by molar-refractivity contribution is 7.99. The Morgan fingerprint density at radius 3 is 2.92 bits per heavy atom. The summed E-state index contributed by atoms with van der Waals surface area (Å²) < 4.78 is 1.87. The molecule has 12 heavy (non-hydrogen) atoms. The van der Waals surface area contributed by atoms with E-state index in [4.69, 9.17) is 5.11 Å². The number of rotatable bonds is 4. The summed E-state index contributed by atoms with van der Waals surface area (Å²) in [4.78, 5) is 0. The number of aromatic nitrogens is 2. The van der Waals surface area contributed by atoms with Crippen LogP contribution in [0, 0.1) is 6.92 Å². The number of hydrogen-bond donors (Lipinski definition) is 1. The van der Waals surface area contributed by atoms with E-state index < -0.39 is 0 Å². The zero-order valence-electron chi connectivity index (χ0n) is 7.45. The Balaban J connectivity index is 2.45. The summed E-state index contributed by atoms with van der Waals surface area (Å²) in [6.45, 7) is 2.25. The minimum atomic E-state index is 0.268. The van der Waals surface area contributed by atoms with Gasteiger partial charge in [0, 0.05) is 19.4 Å². The first-order valence-corrected chi connectivity index (χ1v) is 4.97. The summed E-state index contributed by atoms with van der Waals surface area (Å²) >= 11 is 1.73. The maximum atomic E-state index is 8.58. The quantitative estimate of drug-likeness (QED) is 0.567. The lowest BCUT2D eigenvalue weighted by Crippen LogP contribution is -1.93. The van der Waals surface area contributed by atoms with Crippen LogP contribution in [0.3, 0.4) is 0 Å². The van der Waals surface area contributed by atoms with E-state index in [-0.39, 0.29) is 6.61 Å². The molecule has 0 saturated carbocycles. The molecule has 1 aromatic heterocycles. The summed E-state index contributed by atoms with van der Waals surface area (Å²) in [5, 5.41) is 14.0. The van der Waals surface area contributed by atoms with Gasteiger partial charge >= 0.3 is 0 Å². The van der Waals surface area contributed by atoms with E-state index in [2.05, 4.69) is 11.2 Å². The van der Waals surface area contributed by atoms with Crippen LogP contribution in [0.2, 0.25) is 0 Å². The third-order valence-electron chi connectivity index (χ3n) is 1.51. The van der Waals surface area contributed by atoms with Gasteiger partial charge in [0.1, 0.15) is 0 Å². The standard InChI is InChI=1S/C8H14N2OS/c1-7-6-8(10(2)9-7)12-5-3-4-11/h6,11H,3-5H2,1-2H3. The van der Waals surface area contributed by atoms with E-state index in [9.17, 15) is 0 Å². The van der Waals surface area contributed by atoms with Gasteiger partial charge in [-0.3, -0.25) is 4.68 Å². The average Bonchev–Trinajstić information content (AvgIpc) is 2.31. The van der Waals surface area contributed by atoms with E-state index >= 15 is 0 Å². The van der Waals surface area contributed by atoms with Crippen molar-refractivity contribution < 1.29 is 5.11 Å². The van der Waals surface area contributed by atoms with Gasteiger partial charge in [0.15, 0.2) is 0 Å². The Bertz CT molecular complexity index is 247. The molecule has 1 rings (SSSR count). The van der Waals surface area contributed by atoms with Crippen molar-refractivity contribution in [2.24, 2.45) is 7.05 Å². The summed E-state index contributed by atoms with van der Waals surface area (Å²) in [6, 6.07) is 2.06. The lowest BCUT2D eigenvalue weighted by atomic mass is 10.5. The molecule has 0 amide bonds. The highest BCUT2D eigenvalue weighted by Crippen LogP contribution is 2.18. The van der Waals surface area contributed by atoms with Gasteiger partial charge in [0.25, 0.3) is 0 Å². The van der Waals surface area contributed by atoms with E-state index in [1.807, 2.05) is 18.7 Å². The average molecular weight is 186 g/mol. The minimum absolute atomic E-state index is 0.268. The zero-order chi connectivity index (χ0) is 8.97. The first kappa shape index (κ1) is 9.61. The lowest BCUT2D eigenvalue weighted by molar-refractivity contribution is 0.296. The van der Waals surface area contributed by atoms with Crippen LogP contribution in [0.5, 0.6) is 0 Å². The van der Waals surface area contributed by atoms with Gasteiger partial charge in [-0.1, -0.05) is 0 Å². The first-order chi connectivity index (χ1) is 5.74. The minimum Gasteiger partial charge on any atom is -0.396 e. The van der Waals surface area contributed by atoms with Gasteiger partial charge < -0.3 is 5.11 Å². The molecule has 4 heteroatoms. The van der Waals surface area contributed by atoms with Crippen molar-refractivity contribution in [3.63, 3.8) is 0 Å². The molecule has 0 aliphatic carbocycles. The first-order valence-electron chi connectivity index (χ1n) is 3.98. The number of aryl methyl sites for hydroxylation is 2. The van der Waals surface area contributed by atoms with E-state index in [1.165, 1.54) is 5.03 Å². The Hall–Kier alpha value is -0.480. The van der Waals surface area contributed by atoms with E-state index in [0.29, 0.717) is 0 Å². The molecule has 0 aliphatic rings. The second kappa shape index (κ2) is 4.52. The molecule has 0 saturated heterocycles. The van der Waals surface area contributed by atoms with E-state index in [1.54, 1.807) is 11.8 Å². The normalized spacial score (nSPS) is 10.6. The molecule has 0 unspecified atom stereocenters. The van der Waals surface area contributed by atoms with Crippen molar-refractivity contribution in [1.82, 2.24) is 9.78 Å². The van der Waals surface area contributed by atoms with Crippen molar-refractivity contribution in [2.75, 3.05) is 12.4 Å². The molecule has 0 aliphatic heterocycles. The molecule has 1 heterocycles. The Morgan fingerprint density at radius 2 is 2.42 bits per heavy atom. The topological polar surface area (TPSA) is 38.0 Å². The van der Waals surface area contributed by atoms with Crippen LogP contribution in [0.15, 0.2) is 11.1 Å². The number of hydrogen-bond acceptors (Lipinski definition) is 3. The van der Waals surface area contributed by atoms with Crippen molar-refractivity contribution in [2.45, 2.75) is 18.4 Å². The Morgan fingerprint density at radius 1 is 1.67 bits per heavy atom. The molecule has 0 atom stereocenters. The molecule has 0 aromatic carbocycles.